The van der Waals surface area contributed by atoms with Crippen molar-refractivity contribution in [1.29, 1.82) is 0 Å². The van der Waals surface area contributed by atoms with Gasteiger partial charge in [-0.05, 0) is 0 Å². The quantitative estimate of drug-likeness (QED) is 0.475. The number of rotatable bonds is 0. The third-order valence-corrected chi connectivity index (χ3v) is 2.05. The molecule has 2 N–H and O–H groups in total. The molecule has 2 aliphatic rings. The lowest BCUT2D eigenvalue weighted by Gasteiger charge is -1.93. The predicted molar refractivity (Wildman–Crippen MR) is 33.1 cm³/mol. The lowest BCUT2D eigenvalue weighted by molar-refractivity contribution is 0.237. The van der Waals surface area contributed by atoms with Gasteiger partial charge < -0.3 is 10.4 Å². The van der Waals surface area contributed by atoms with Crippen LogP contribution in [0.3, 0.4) is 0 Å². The SMILES string of the molecule is Cl.OC1[C@H]2CNC[C@@H]12. The fraction of sp³-hybridized carbons (Fsp3) is 1.00. The summed E-state index contributed by atoms with van der Waals surface area (Å²) in [4.78, 5) is 0. The number of nitrogens with one attached hydrogen (secondary N) is 1. The van der Waals surface area contributed by atoms with Gasteiger partial charge in [-0.2, -0.15) is 0 Å². The molecule has 0 aromatic rings. The normalized spacial score (nSPS) is 49.9. The van der Waals surface area contributed by atoms with Crippen molar-refractivity contribution >= 4 is 12.4 Å². The molecule has 0 aromatic heterocycles. The number of piperidine rings is 1. The highest BCUT2D eigenvalue weighted by Gasteiger charge is 2.51. The first-order valence-corrected chi connectivity index (χ1v) is 2.78. The van der Waals surface area contributed by atoms with E-state index in [0.717, 1.165) is 13.1 Å². The predicted octanol–water partition coefficient (Wildman–Crippen LogP) is -0.382. The Hall–Kier alpha value is 0.210. The molecule has 2 rings (SSSR count). The van der Waals surface area contributed by atoms with Crippen molar-refractivity contribution in [1.82, 2.24) is 5.32 Å². The Morgan fingerprint density at radius 2 is 1.75 bits per heavy atom. The number of aliphatic hydroxyl groups excluding tert-OH is 1. The van der Waals surface area contributed by atoms with Gasteiger partial charge in [0.1, 0.15) is 0 Å². The first-order valence-electron chi connectivity index (χ1n) is 2.78. The monoisotopic (exact) mass is 135 g/mol. The van der Waals surface area contributed by atoms with Crippen LogP contribution in [0.25, 0.3) is 0 Å². The maximum Gasteiger partial charge on any atom is 0.0629 e. The molecule has 8 heavy (non-hydrogen) atoms. The zero-order chi connectivity index (χ0) is 4.85. The van der Waals surface area contributed by atoms with Crippen molar-refractivity contribution < 1.29 is 5.11 Å². The van der Waals surface area contributed by atoms with E-state index in [1.54, 1.807) is 0 Å². The van der Waals surface area contributed by atoms with Crippen molar-refractivity contribution in [2.24, 2.45) is 11.8 Å². The van der Waals surface area contributed by atoms with Crippen molar-refractivity contribution in [2.75, 3.05) is 13.1 Å². The Bertz CT molecular complexity index is 88.4. The van der Waals surface area contributed by atoms with Crippen LogP contribution in [-0.4, -0.2) is 24.3 Å². The summed E-state index contributed by atoms with van der Waals surface area (Å²) in [7, 11) is 0. The van der Waals surface area contributed by atoms with Crippen molar-refractivity contribution in [3.8, 4) is 0 Å². The van der Waals surface area contributed by atoms with E-state index in [9.17, 15) is 0 Å². The van der Waals surface area contributed by atoms with Crippen molar-refractivity contribution in [2.45, 2.75) is 6.10 Å². The van der Waals surface area contributed by atoms with Gasteiger partial charge in [-0.25, -0.2) is 0 Å². The zero-order valence-electron chi connectivity index (χ0n) is 4.50. The van der Waals surface area contributed by atoms with Gasteiger partial charge in [0.25, 0.3) is 0 Å². The van der Waals surface area contributed by atoms with Gasteiger partial charge in [0, 0.05) is 24.9 Å². The van der Waals surface area contributed by atoms with Crippen LogP contribution in [0.5, 0.6) is 0 Å². The molecule has 48 valence electrons. The highest BCUT2D eigenvalue weighted by atomic mass is 35.5. The Kier molecular flexibility index (Phi) is 1.48. The molecule has 1 aliphatic carbocycles. The molecular weight excluding hydrogens is 126 g/mol. The Morgan fingerprint density at radius 3 is 2.00 bits per heavy atom. The van der Waals surface area contributed by atoms with Gasteiger partial charge in [-0.1, -0.05) is 0 Å². The van der Waals surface area contributed by atoms with Gasteiger partial charge in [-0.15, -0.1) is 12.4 Å². The van der Waals surface area contributed by atoms with E-state index < -0.39 is 0 Å². The largest absolute Gasteiger partial charge is 0.392 e. The van der Waals surface area contributed by atoms with Gasteiger partial charge >= 0.3 is 0 Å². The van der Waals surface area contributed by atoms with Crippen molar-refractivity contribution in [3.63, 3.8) is 0 Å². The van der Waals surface area contributed by atoms with Crippen LogP contribution in [0.1, 0.15) is 0 Å². The smallest absolute Gasteiger partial charge is 0.0629 e. The fourth-order valence-electron chi connectivity index (χ4n) is 1.39. The lowest BCUT2D eigenvalue weighted by Crippen LogP contribution is -2.16. The first kappa shape index (κ1) is 6.33. The zero-order valence-corrected chi connectivity index (χ0v) is 5.32. The van der Waals surface area contributed by atoms with Gasteiger partial charge in [-0.3, -0.25) is 0 Å². The molecule has 1 saturated heterocycles. The molecule has 0 amide bonds. The Balaban J connectivity index is 0.000000320. The average Bonchev–Trinajstić information content (AvgIpc) is 2.26. The molecule has 3 heteroatoms. The maximum atomic E-state index is 8.91. The summed E-state index contributed by atoms with van der Waals surface area (Å²) in [6.45, 7) is 2.09. The molecule has 1 saturated carbocycles. The second kappa shape index (κ2) is 1.87. The van der Waals surface area contributed by atoms with Crippen LogP contribution in [0.4, 0.5) is 0 Å². The summed E-state index contributed by atoms with van der Waals surface area (Å²) in [5.74, 6) is 1.25. The van der Waals surface area contributed by atoms with E-state index in [1.807, 2.05) is 0 Å². The first-order chi connectivity index (χ1) is 3.39. The van der Waals surface area contributed by atoms with Crippen LogP contribution in [-0.2, 0) is 0 Å². The summed E-state index contributed by atoms with van der Waals surface area (Å²) in [6, 6.07) is 0. The van der Waals surface area contributed by atoms with E-state index >= 15 is 0 Å². The van der Waals surface area contributed by atoms with E-state index in [2.05, 4.69) is 5.32 Å². The van der Waals surface area contributed by atoms with Crippen LogP contribution >= 0.6 is 12.4 Å². The number of halogens is 1. The van der Waals surface area contributed by atoms with E-state index in [0.29, 0.717) is 11.8 Å². The minimum absolute atomic E-state index is 0. The second-order valence-corrected chi connectivity index (χ2v) is 2.48. The third kappa shape index (κ3) is 0.642. The van der Waals surface area contributed by atoms with Crippen LogP contribution < -0.4 is 5.32 Å². The highest BCUT2D eigenvalue weighted by molar-refractivity contribution is 5.85. The molecule has 1 unspecified atom stereocenters. The van der Waals surface area contributed by atoms with Crippen LogP contribution in [0.2, 0.25) is 0 Å². The minimum Gasteiger partial charge on any atom is -0.392 e. The lowest BCUT2D eigenvalue weighted by atomic mass is 10.4. The molecule has 2 fully saturated rings. The topological polar surface area (TPSA) is 32.3 Å². The van der Waals surface area contributed by atoms with Crippen LogP contribution in [0.15, 0.2) is 0 Å². The molecule has 2 nitrogen and oxygen atoms in total. The van der Waals surface area contributed by atoms with Gasteiger partial charge in [0.2, 0.25) is 0 Å². The summed E-state index contributed by atoms with van der Waals surface area (Å²) >= 11 is 0. The average molecular weight is 136 g/mol. The number of fused-ring (bicyclic) bond motifs is 1. The molecule has 1 heterocycles. The summed E-state index contributed by atoms with van der Waals surface area (Å²) in [5, 5.41) is 12.1. The molecular formula is C5H10ClNO. The van der Waals surface area contributed by atoms with E-state index in [1.165, 1.54) is 0 Å². The standard InChI is InChI=1S/C5H9NO.ClH/c7-5-3-1-6-2-4(3)5;/h3-7H,1-2H2;1H/t3-,4+,5?;. The molecule has 1 aliphatic heterocycles. The number of hydrogen-bond donors (Lipinski definition) is 2. The summed E-state index contributed by atoms with van der Waals surface area (Å²) in [5.41, 5.74) is 0. The maximum absolute atomic E-state index is 8.91. The molecule has 3 atom stereocenters. The minimum atomic E-state index is 0. The highest BCUT2D eigenvalue weighted by Crippen LogP contribution is 2.41. The third-order valence-electron chi connectivity index (χ3n) is 2.05. The molecule has 0 bridgehead atoms. The summed E-state index contributed by atoms with van der Waals surface area (Å²) in [6.07, 6.45) is 0.0567. The van der Waals surface area contributed by atoms with Gasteiger partial charge in [0.05, 0.1) is 6.10 Å². The number of hydrogen-bond acceptors (Lipinski definition) is 2. The fourth-order valence-corrected chi connectivity index (χ4v) is 1.39. The second-order valence-electron chi connectivity index (χ2n) is 2.48. The van der Waals surface area contributed by atoms with E-state index in [-0.39, 0.29) is 18.5 Å². The van der Waals surface area contributed by atoms with E-state index in [4.69, 9.17) is 5.11 Å². The Morgan fingerprint density at radius 1 is 1.25 bits per heavy atom. The Labute approximate surface area is 54.7 Å². The van der Waals surface area contributed by atoms with Crippen molar-refractivity contribution in [3.05, 3.63) is 0 Å². The molecule has 0 aromatic carbocycles. The van der Waals surface area contributed by atoms with Crippen LogP contribution in [0, 0.1) is 11.8 Å². The van der Waals surface area contributed by atoms with Gasteiger partial charge in [0.15, 0.2) is 0 Å². The molecule has 0 radical (unpaired) electrons. The summed E-state index contributed by atoms with van der Waals surface area (Å²) < 4.78 is 0. The molecule has 0 spiro atoms. The number of aliphatic hydroxyl groups is 1.